The minimum atomic E-state index is -0.695. The number of amides is 1. The second-order valence-corrected chi connectivity index (χ2v) is 4.34. The molecule has 0 unspecified atom stereocenters. The molecule has 1 aromatic rings. The highest BCUT2D eigenvalue weighted by Gasteiger charge is 2.40. The second-order valence-electron chi connectivity index (χ2n) is 4.34. The molecule has 4 nitrogen and oxygen atoms in total. The quantitative estimate of drug-likeness (QED) is 0.778. The van der Waals surface area contributed by atoms with Gasteiger partial charge in [-0.1, -0.05) is 0 Å². The average Bonchev–Trinajstić information content (AvgIpc) is 2.60. The number of hydrogen-bond donors (Lipinski definition) is 1. The second kappa shape index (κ2) is 3.38. The summed E-state index contributed by atoms with van der Waals surface area (Å²) in [4.78, 5) is 13.6. The van der Waals surface area contributed by atoms with Crippen molar-refractivity contribution in [1.82, 2.24) is 9.47 Å². The molecule has 15 heavy (non-hydrogen) atoms. The molecule has 2 heterocycles. The molecule has 1 amide bonds. The molecule has 4 heteroatoms. The maximum absolute atomic E-state index is 11.9. The molecule has 0 aromatic carbocycles. The van der Waals surface area contributed by atoms with Crippen LogP contribution in [0.2, 0.25) is 0 Å². The molecule has 0 aliphatic carbocycles. The summed E-state index contributed by atoms with van der Waals surface area (Å²) in [5, 5.41) is 9.56. The maximum Gasteiger partial charge on any atom is 0.270 e. The monoisotopic (exact) mass is 208 g/mol. The first-order valence-corrected chi connectivity index (χ1v) is 5.20. The van der Waals surface area contributed by atoms with Crippen LogP contribution in [0.4, 0.5) is 0 Å². The fourth-order valence-electron chi connectivity index (χ4n) is 1.97. The Morgan fingerprint density at radius 1 is 1.60 bits per heavy atom. The van der Waals surface area contributed by atoms with E-state index in [-0.39, 0.29) is 5.91 Å². The fourth-order valence-corrected chi connectivity index (χ4v) is 1.97. The van der Waals surface area contributed by atoms with Crippen LogP contribution in [-0.4, -0.2) is 39.2 Å². The summed E-state index contributed by atoms with van der Waals surface area (Å²) in [5.41, 5.74) is 0.00671. The van der Waals surface area contributed by atoms with Gasteiger partial charge in [-0.3, -0.25) is 4.79 Å². The summed E-state index contributed by atoms with van der Waals surface area (Å²) >= 11 is 0. The standard InChI is InChI=1S/C11H16N2O2/c1-3-12-6-4-5-9(12)10(14)13-7-11(2,15)8-13/h4-6,15H,3,7-8H2,1-2H3. The summed E-state index contributed by atoms with van der Waals surface area (Å²) < 4.78 is 1.91. The van der Waals surface area contributed by atoms with E-state index in [0.717, 1.165) is 6.54 Å². The van der Waals surface area contributed by atoms with Gasteiger partial charge in [-0.05, 0) is 26.0 Å². The molecule has 82 valence electrons. The molecule has 0 radical (unpaired) electrons. The minimum Gasteiger partial charge on any atom is -0.386 e. The molecular formula is C11H16N2O2. The lowest BCUT2D eigenvalue weighted by atomic mass is 9.96. The molecule has 1 saturated heterocycles. The van der Waals surface area contributed by atoms with Crippen LogP contribution in [0.5, 0.6) is 0 Å². The van der Waals surface area contributed by atoms with Crippen molar-refractivity contribution in [2.75, 3.05) is 13.1 Å². The maximum atomic E-state index is 11.9. The van der Waals surface area contributed by atoms with Gasteiger partial charge >= 0.3 is 0 Å². The lowest BCUT2D eigenvalue weighted by Crippen LogP contribution is -2.61. The summed E-state index contributed by atoms with van der Waals surface area (Å²) in [6.07, 6.45) is 1.89. The first kappa shape index (κ1) is 10.2. The van der Waals surface area contributed by atoms with Crippen molar-refractivity contribution in [3.05, 3.63) is 24.0 Å². The Kier molecular flexibility index (Phi) is 2.31. The largest absolute Gasteiger partial charge is 0.386 e. The van der Waals surface area contributed by atoms with E-state index in [0.29, 0.717) is 18.8 Å². The molecule has 0 saturated carbocycles. The van der Waals surface area contributed by atoms with Gasteiger partial charge in [-0.15, -0.1) is 0 Å². The van der Waals surface area contributed by atoms with Gasteiger partial charge in [-0.25, -0.2) is 0 Å². The van der Waals surface area contributed by atoms with Crippen molar-refractivity contribution in [3.8, 4) is 0 Å². The lowest BCUT2D eigenvalue weighted by molar-refractivity contribution is -0.0672. The Bertz CT molecular complexity index is 374. The summed E-state index contributed by atoms with van der Waals surface area (Å²) in [6.45, 7) is 5.40. The predicted octanol–water partition coefficient (Wildman–Crippen LogP) is 0.715. The van der Waals surface area contributed by atoms with Crippen molar-refractivity contribution >= 4 is 5.91 Å². The molecule has 0 bridgehead atoms. The molecule has 1 aliphatic rings. The number of nitrogens with zero attached hydrogens (tertiary/aromatic N) is 2. The molecule has 1 aliphatic heterocycles. The third-order valence-electron chi connectivity index (χ3n) is 2.74. The SMILES string of the molecule is CCn1cccc1C(=O)N1CC(C)(O)C1. The van der Waals surface area contributed by atoms with Crippen molar-refractivity contribution < 1.29 is 9.90 Å². The zero-order valence-electron chi connectivity index (χ0n) is 9.10. The van der Waals surface area contributed by atoms with Crippen LogP contribution >= 0.6 is 0 Å². The van der Waals surface area contributed by atoms with E-state index in [1.54, 1.807) is 11.8 Å². The zero-order valence-corrected chi connectivity index (χ0v) is 9.10. The van der Waals surface area contributed by atoms with Crippen molar-refractivity contribution in [3.63, 3.8) is 0 Å². The number of likely N-dealkylation sites (tertiary alicyclic amines) is 1. The third-order valence-corrected chi connectivity index (χ3v) is 2.74. The Morgan fingerprint density at radius 2 is 2.27 bits per heavy atom. The molecular weight excluding hydrogens is 192 g/mol. The summed E-state index contributed by atoms with van der Waals surface area (Å²) in [6, 6.07) is 3.69. The lowest BCUT2D eigenvalue weighted by Gasteiger charge is -2.44. The molecule has 1 fully saturated rings. The van der Waals surface area contributed by atoms with Crippen molar-refractivity contribution in [1.29, 1.82) is 0 Å². The van der Waals surface area contributed by atoms with Crippen molar-refractivity contribution in [2.24, 2.45) is 0 Å². The van der Waals surface area contributed by atoms with Gasteiger partial charge in [0.05, 0.1) is 18.7 Å². The van der Waals surface area contributed by atoms with Gasteiger partial charge in [0, 0.05) is 12.7 Å². The highest BCUT2D eigenvalue weighted by Crippen LogP contribution is 2.22. The van der Waals surface area contributed by atoms with Crippen molar-refractivity contribution in [2.45, 2.75) is 26.0 Å². The Hall–Kier alpha value is -1.29. The van der Waals surface area contributed by atoms with Gasteiger partial charge in [0.2, 0.25) is 0 Å². The van der Waals surface area contributed by atoms with Gasteiger partial charge in [0.15, 0.2) is 0 Å². The van der Waals surface area contributed by atoms with E-state index >= 15 is 0 Å². The fraction of sp³-hybridized carbons (Fsp3) is 0.545. The normalized spacial score (nSPS) is 18.7. The molecule has 1 aromatic heterocycles. The number of β-amino-alcohol motifs (C(OH)–C–C–N with tert-alkyl or cyclic N) is 1. The third kappa shape index (κ3) is 1.77. The van der Waals surface area contributed by atoms with Gasteiger partial charge in [-0.2, -0.15) is 0 Å². The number of rotatable bonds is 2. The zero-order chi connectivity index (χ0) is 11.1. The first-order chi connectivity index (χ1) is 7.03. The first-order valence-electron chi connectivity index (χ1n) is 5.20. The van der Waals surface area contributed by atoms with Crippen LogP contribution in [-0.2, 0) is 6.54 Å². The summed E-state index contributed by atoms with van der Waals surface area (Å²) in [7, 11) is 0. The van der Waals surface area contributed by atoms with E-state index in [9.17, 15) is 9.90 Å². The van der Waals surface area contributed by atoms with Crippen LogP contribution in [0.25, 0.3) is 0 Å². The number of hydrogen-bond acceptors (Lipinski definition) is 2. The van der Waals surface area contributed by atoms with E-state index < -0.39 is 5.60 Å². The van der Waals surface area contributed by atoms with E-state index in [1.807, 2.05) is 29.8 Å². The Balaban J connectivity index is 2.10. The van der Waals surface area contributed by atoms with Crippen LogP contribution in [0, 0.1) is 0 Å². The highest BCUT2D eigenvalue weighted by molar-refractivity contribution is 5.93. The Morgan fingerprint density at radius 3 is 2.80 bits per heavy atom. The summed E-state index contributed by atoms with van der Waals surface area (Å²) in [5.74, 6) is 0.00775. The van der Waals surface area contributed by atoms with E-state index in [1.165, 1.54) is 0 Å². The van der Waals surface area contributed by atoms with Crippen LogP contribution in [0.3, 0.4) is 0 Å². The average molecular weight is 208 g/mol. The molecule has 1 N–H and O–H groups in total. The minimum absolute atomic E-state index is 0.00775. The number of aromatic nitrogens is 1. The number of aliphatic hydroxyl groups is 1. The van der Waals surface area contributed by atoms with E-state index in [4.69, 9.17) is 0 Å². The Labute approximate surface area is 89.1 Å². The van der Waals surface area contributed by atoms with E-state index in [2.05, 4.69) is 0 Å². The van der Waals surface area contributed by atoms with Gasteiger partial charge in [0.25, 0.3) is 5.91 Å². The predicted molar refractivity (Wildman–Crippen MR) is 56.6 cm³/mol. The molecule has 0 atom stereocenters. The van der Waals surface area contributed by atoms with Crippen LogP contribution in [0.1, 0.15) is 24.3 Å². The highest BCUT2D eigenvalue weighted by atomic mass is 16.3. The number of carbonyl (C=O) groups excluding carboxylic acids is 1. The van der Waals surface area contributed by atoms with Gasteiger partial charge in [0.1, 0.15) is 5.69 Å². The topological polar surface area (TPSA) is 45.5 Å². The number of carbonyl (C=O) groups is 1. The van der Waals surface area contributed by atoms with Gasteiger partial charge < -0.3 is 14.6 Å². The van der Waals surface area contributed by atoms with Crippen LogP contribution < -0.4 is 0 Å². The molecule has 2 rings (SSSR count). The smallest absolute Gasteiger partial charge is 0.270 e. The molecule has 0 spiro atoms. The van der Waals surface area contributed by atoms with Crippen LogP contribution in [0.15, 0.2) is 18.3 Å². The number of aryl methyl sites for hydroxylation is 1.